The van der Waals surface area contributed by atoms with Crippen LogP contribution in [0, 0.1) is 5.41 Å². The standard InChI is InChI=1S/C7H11N3S/c1-4(8)5-2-3-6(11-5)7(9)10/h2-4H,8H2,1H3,(H3,9,10)/t4-/m1/s1. The topological polar surface area (TPSA) is 75.9 Å². The minimum absolute atomic E-state index is 0.0353. The van der Waals surface area contributed by atoms with Gasteiger partial charge in [-0.05, 0) is 19.1 Å². The molecule has 0 aliphatic carbocycles. The van der Waals surface area contributed by atoms with E-state index in [1.807, 2.05) is 19.1 Å². The maximum atomic E-state index is 7.14. The van der Waals surface area contributed by atoms with Crippen molar-refractivity contribution in [1.29, 1.82) is 5.41 Å². The summed E-state index contributed by atoms with van der Waals surface area (Å²) in [6.07, 6.45) is 0. The van der Waals surface area contributed by atoms with Crippen molar-refractivity contribution in [2.75, 3.05) is 0 Å². The molecule has 11 heavy (non-hydrogen) atoms. The number of nitrogens with two attached hydrogens (primary N) is 2. The van der Waals surface area contributed by atoms with Crippen molar-refractivity contribution in [2.45, 2.75) is 13.0 Å². The van der Waals surface area contributed by atoms with Crippen LogP contribution in [0.25, 0.3) is 0 Å². The quantitative estimate of drug-likeness (QED) is 0.457. The molecular weight excluding hydrogens is 158 g/mol. The summed E-state index contributed by atoms with van der Waals surface area (Å²) >= 11 is 1.47. The molecule has 1 atom stereocenters. The van der Waals surface area contributed by atoms with Crippen LogP contribution in [0.3, 0.4) is 0 Å². The van der Waals surface area contributed by atoms with Crippen molar-refractivity contribution >= 4 is 17.2 Å². The second-order valence-electron chi connectivity index (χ2n) is 2.40. The fourth-order valence-corrected chi connectivity index (χ4v) is 1.56. The van der Waals surface area contributed by atoms with E-state index in [1.54, 1.807) is 0 Å². The Morgan fingerprint density at radius 2 is 2.27 bits per heavy atom. The van der Waals surface area contributed by atoms with Gasteiger partial charge < -0.3 is 11.5 Å². The van der Waals surface area contributed by atoms with Gasteiger partial charge in [-0.3, -0.25) is 5.41 Å². The first-order valence-electron chi connectivity index (χ1n) is 3.31. The average molecular weight is 169 g/mol. The molecule has 1 aromatic heterocycles. The SMILES string of the molecule is C[C@@H](N)c1ccc(C(=N)N)s1. The Balaban J connectivity index is 2.90. The molecule has 5 N–H and O–H groups in total. The molecule has 0 unspecified atom stereocenters. The third-order valence-electron chi connectivity index (χ3n) is 1.34. The Labute approximate surface area is 69.5 Å². The lowest BCUT2D eigenvalue weighted by Crippen LogP contribution is -2.08. The molecule has 0 aliphatic rings. The zero-order valence-electron chi connectivity index (χ0n) is 6.29. The third kappa shape index (κ3) is 1.78. The fraction of sp³-hybridized carbons (Fsp3) is 0.286. The highest BCUT2D eigenvalue weighted by Crippen LogP contribution is 2.20. The van der Waals surface area contributed by atoms with E-state index < -0.39 is 0 Å². The lowest BCUT2D eigenvalue weighted by molar-refractivity contribution is 0.838. The summed E-state index contributed by atoms with van der Waals surface area (Å²) in [5, 5.41) is 7.14. The van der Waals surface area contributed by atoms with E-state index in [-0.39, 0.29) is 11.9 Å². The Bertz CT molecular complexity index is 264. The molecule has 1 aromatic rings. The summed E-state index contributed by atoms with van der Waals surface area (Å²) in [6, 6.07) is 3.77. The summed E-state index contributed by atoms with van der Waals surface area (Å²) in [6.45, 7) is 1.91. The fourth-order valence-electron chi connectivity index (χ4n) is 0.742. The van der Waals surface area contributed by atoms with E-state index >= 15 is 0 Å². The van der Waals surface area contributed by atoms with Crippen LogP contribution in [0.4, 0.5) is 0 Å². The van der Waals surface area contributed by atoms with Crippen LogP contribution in [0.5, 0.6) is 0 Å². The normalized spacial score (nSPS) is 12.9. The number of nitrogen functional groups attached to an aromatic ring is 1. The van der Waals surface area contributed by atoms with Gasteiger partial charge in [0.1, 0.15) is 5.84 Å². The van der Waals surface area contributed by atoms with E-state index in [1.165, 1.54) is 11.3 Å². The van der Waals surface area contributed by atoms with E-state index in [0.29, 0.717) is 0 Å². The van der Waals surface area contributed by atoms with Gasteiger partial charge in [-0.2, -0.15) is 0 Å². The van der Waals surface area contributed by atoms with Gasteiger partial charge in [0.15, 0.2) is 0 Å². The number of hydrogen-bond donors (Lipinski definition) is 3. The van der Waals surface area contributed by atoms with Crippen LogP contribution >= 0.6 is 11.3 Å². The van der Waals surface area contributed by atoms with Gasteiger partial charge in [-0.15, -0.1) is 11.3 Å². The van der Waals surface area contributed by atoms with E-state index in [9.17, 15) is 0 Å². The number of thiophene rings is 1. The molecular formula is C7H11N3S. The van der Waals surface area contributed by atoms with E-state index in [4.69, 9.17) is 16.9 Å². The predicted molar refractivity (Wildman–Crippen MR) is 47.9 cm³/mol. The van der Waals surface area contributed by atoms with Gasteiger partial charge in [0.2, 0.25) is 0 Å². The van der Waals surface area contributed by atoms with Crippen LogP contribution in [0.2, 0.25) is 0 Å². The zero-order chi connectivity index (χ0) is 8.43. The van der Waals surface area contributed by atoms with Gasteiger partial charge in [0.25, 0.3) is 0 Å². The summed E-state index contributed by atoms with van der Waals surface area (Å²) in [5.74, 6) is 0.113. The van der Waals surface area contributed by atoms with Crippen LogP contribution in [-0.2, 0) is 0 Å². The Morgan fingerprint density at radius 3 is 2.55 bits per heavy atom. The minimum atomic E-state index is 0.0353. The van der Waals surface area contributed by atoms with E-state index in [2.05, 4.69) is 0 Å². The number of hydrogen-bond acceptors (Lipinski definition) is 3. The molecule has 0 saturated carbocycles. The van der Waals surface area contributed by atoms with Crippen molar-refractivity contribution < 1.29 is 0 Å². The molecule has 0 saturated heterocycles. The van der Waals surface area contributed by atoms with Crippen molar-refractivity contribution in [2.24, 2.45) is 11.5 Å². The highest BCUT2D eigenvalue weighted by molar-refractivity contribution is 7.14. The van der Waals surface area contributed by atoms with Crippen molar-refractivity contribution in [3.8, 4) is 0 Å². The Morgan fingerprint density at radius 1 is 1.64 bits per heavy atom. The van der Waals surface area contributed by atoms with Crippen molar-refractivity contribution in [3.63, 3.8) is 0 Å². The number of amidine groups is 1. The first-order valence-corrected chi connectivity index (χ1v) is 4.12. The average Bonchev–Trinajstić information content (AvgIpc) is 2.33. The molecule has 60 valence electrons. The zero-order valence-corrected chi connectivity index (χ0v) is 7.11. The number of nitrogens with one attached hydrogen (secondary N) is 1. The molecule has 0 radical (unpaired) electrons. The highest BCUT2D eigenvalue weighted by Gasteiger charge is 2.04. The Kier molecular flexibility index (Phi) is 2.26. The summed E-state index contributed by atoms with van der Waals surface area (Å²) in [4.78, 5) is 1.85. The monoisotopic (exact) mass is 169 g/mol. The lowest BCUT2D eigenvalue weighted by atomic mass is 10.3. The molecule has 0 fully saturated rings. The molecule has 0 aromatic carbocycles. The molecule has 0 amide bonds. The first-order chi connectivity index (χ1) is 5.11. The van der Waals surface area contributed by atoms with Gasteiger partial charge in [-0.25, -0.2) is 0 Å². The lowest BCUT2D eigenvalue weighted by Gasteiger charge is -1.97. The van der Waals surface area contributed by atoms with Gasteiger partial charge in [0.05, 0.1) is 4.88 Å². The summed E-state index contributed by atoms with van der Waals surface area (Å²) in [7, 11) is 0. The van der Waals surface area contributed by atoms with Crippen molar-refractivity contribution in [1.82, 2.24) is 0 Å². The van der Waals surface area contributed by atoms with Gasteiger partial charge in [-0.1, -0.05) is 0 Å². The largest absolute Gasteiger partial charge is 0.383 e. The third-order valence-corrected chi connectivity index (χ3v) is 2.66. The van der Waals surface area contributed by atoms with Gasteiger partial charge >= 0.3 is 0 Å². The van der Waals surface area contributed by atoms with E-state index in [0.717, 1.165) is 9.75 Å². The molecule has 3 nitrogen and oxygen atoms in total. The van der Waals surface area contributed by atoms with Crippen molar-refractivity contribution in [3.05, 3.63) is 21.9 Å². The van der Waals surface area contributed by atoms with Gasteiger partial charge in [0, 0.05) is 10.9 Å². The smallest absolute Gasteiger partial charge is 0.133 e. The predicted octanol–water partition coefficient (Wildman–Crippen LogP) is 1.05. The second-order valence-corrected chi connectivity index (χ2v) is 3.52. The minimum Gasteiger partial charge on any atom is -0.383 e. The molecule has 1 rings (SSSR count). The molecule has 4 heteroatoms. The Hall–Kier alpha value is -0.870. The highest BCUT2D eigenvalue weighted by atomic mass is 32.1. The molecule has 0 aliphatic heterocycles. The molecule has 0 bridgehead atoms. The van der Waals surface area contributed by atoms with Crippen LogP contribution in [0.1, 0.15) is 22.7 Å². The first kappa shape index (κ1) is 8.23. The molecule has 1 heterocycles. The molecule has 0 spiro atoms. The van der Waals surface area contributed by atoms with Crippen LogP contribution in [0.15, 0.2) is 12.1 Å². The maximum absolute atomic E-state index is 7.14. The number of rotatable bonds is 2. The maximum Gasteiger partial charge on any atom is 0.133 e. The second kappa shape index (κ2) is 3.02. The van der Waals surface area contributed by atoms with Crippen LogP contribution in [-0.4, -0.2) is 5.84 Å². The van der Waals surface area contributed by atoms with Crippen LogP contribution < -0.4 is 11.5 Å². The summed E-state index contributed by atoms with van der Waals surface area (Å²) < 4.78 is 0. The summed E-state index contributed by atoms with van der Waals surface area (Å²) in [5.41, 5.74) is 10.9.